The first-order valence-electron chi connectivity index (χ1n) is 7.50. The molecule has 1 atom stereocenters. The molecule has 0 spiro atoms. The van der Waals surface area contributed by atoms with E-state index in [9.17, 15) is 14.4 Å². The average Bonchev–Trinajstić information content (AvgIpc) is 2.51. The third kappa shape index (κ3) is 2.70. The molecule has 2 aromatic rings. The maximum atomic E-state index is 12.5. The monoisotopic (exact) mass is 318 g/mol. The molecular weight excluding hydrogens is 300 g/mol. The van der Waals surface area contributed by atoms with Crippen LogP contribution in [0.25, 0.3) is 10.1 Å². The topological polar surface area (TPSA) is 59.4 Å². The molecule has 1 saturated heterocycles. The van der Waals surface area contributed by atoms with E-state index in [0.29, 0.717) is 16.6 Å². The summed E-state index contributed by atoms with van der Waals surface area (Å²) >= 11 is 1.01. The number of hydrogen-bond acceptors (Lipinski definition) is 4. The van der Waals surface area contributed by atoms with Crippen LogP contribution >= 0.6 is 11.3 Å². The molecule has 0 bridgehead atoms. The molecule has 0 radical (unpaired) electrons. The van der Waals surface area contributed by atoms with Crippen molar-refractivity contribution in [2.24, 2.45) is 0 Å². The minimum atomic E-state index is -0.377. The maximum Gasteiger partial charge on any atom is 0.311 e. The Morgan fingerprint density at radius 2 is 2.05 bits per heavy atom. The van der Waals surface area contributed by atoms with Crippen LogP contribution in [0.1, 0.15) is 26.2 Å². The van der Waals surface area contributed by atoms with Crippen LogP contribution in [0.15, 0.2) is 33.9 Å². The molecule has 116 valence electrons. The lowest BCUT2D eigenvalue weighted by atomic mass is 10.0. The number of carbonyl (C=O) groups is 1. The summed E-state index contributed by atoms with van der Waals surface area (Å²) in [6.07, 6.45) is 3.08. The van der Waals surface area contributed by atoms with Crippen LogP contribution < -0.4 is 10.4 Å². The molecule has 3 rings (SSSR count). The van der Waals surface area contributed by atoms with Gasteiger partial charge in [0, 0.05) is 17.3 Å². The largest absolute Gasteiger partial charge is 0.338 e. The van der Waals surface area contributed by atoms with Gasteiger partial charge in [0.2, 0.25) is 5.91 Å². The number of carbonyl (C=O) groups excluding carboxylic acids is 1. The molecule has 1 aromatic heterocycles. The first-order valence-corrected chi connectivity index (χ1v) is 8.32. The Balaban J connectivity index is 1.95. The van der Waals surface area contributed by atoms with Gasteiger partial charge >= 0.3 is 4.87 Å². The maximum absolute atomic E-state index is 12.5. The lowest BCUT2D eigenvalue weighted by Gasteiger charge is -2.33. The summed E-state index contributed by atoms with van der Waals surface area (Å²) < 4.78 is 1.73. The quantitative estimate of drug-likeness (QED) is 0.849. The van der Waals surface area contributed by atoms with Crippen LogP contribution in [0.3, 0.4) is 0 Å². The predicted octanol–water partition coefficient (Wildman–Crippen LogP) is 1.82. The summed E-state index contributed by atoms with van der Waals surface area (Å²) in [6.45, 7) is 2.56. The number of piperidine rings is 1. The molecular formula is C16H18N2O3S. The molecule has 6 heteroatoms. The minimum absolute atomic E-state index is 0.145. The van der Waals surface area contributed by atoms with E-state index in [0.717, 1.165) is 35.2 Å². The first kappa shape index (κ1) is 15.0. The second-order valence-corrected chi connectivity index (χ2v) is 6.68. The van der Waals surface area contributed by atoms with Crippen molar-refractivity contribution in [3.8, 4) is 0 Å². The number of fused-ring (bicyclic) bond motifs is 1. The summed E-state index contributed by atoms with van der Waals surface area (Å²) in [4.78, 5) is 38.5. The van der Waals surface area contributed by atoms with Crippen molar-refractivity contribution >= 4 is 27.3 Å². The molecule has 1 fully saturated rings. The zero-order valence-corrected chi connectivity index (χ0v) is 13.3. The lowest BCUT2D eigenvalue weighted by molar-refractivity contribution is -0.135. The summed E-state index contributed by atoms with van der Waals surface area (Å²) in [5, 5.41) is 0.492. The normalized spacial score (nSPS) is 18.6. The Morgan fingerprint density at radius 3 is 2.82 bits per heavy atom. The van der Waals surface area contributed by atoms with Gasteiger partial charge in [-0.05, 0) is 38.3 Å². The summed E-state index contributed by atoms with van der Waals surface area (Å²) in [7, 11) is 0. The van der Waals surface area contributed by atoms with Crippen molar-refractivity contribution < 1.29 is 4.79 Å². The van der Waals surface area contributed by atoms with Gasteiger partial charge in [-0.1, -0.05) is 23.5 Å². The second-order valence-electron chi connectivity index (χ2n) is 5.69. The molecule has 1 amide bonds. The van der Waals surface area contributed by atoms with Gasteiger partial charge in [0.25, 0.3) is 5.56 Å². The molecule has 0 aliphatic carbocycles. The molecule has 1 aliphatic heterocycles. The van der Waals surface area contributed by atoms with Gasteiger partial charge in [-0.2, -0.15) is 0 Å². The standard InChI is InChI=1S/C16H18N2O3S/c1-11-6-4-5-9-17(11)14(19)10-18-15(20)12-7-2-3-8-13(12)22-16(18)21/h2-3,7-8,11H,4-6,9-10H2,1H3. The van der Waals surface area contributed by atoms with E-state index in [4.69, 9.17) is 0 Å². The van der Waals surface area contributed by atoms with Crippen molar-refractivity contribution in [2.45, 2.75) is 38.8 Å². The fraction of sp³-hybridized carbons (Fsp3) is 0.438. The van der Waals surface area contributed by atoms with E-state index >= 15 is 0 Å². The van der Waals surface area contributed by atoms with Gasteiger partial charge in [0.15, 0.2) is 0 Å². The number of amides is 1. The summed E-state index contributed by atoms with van der Waals surface area (Å²) in [5.74, 6) is -0.145. The number of rotatable bonds is 2. The number of nitrogens with zero attached hydrogens (tertiary/aromatic N) is 2. The van der Waals surface area contributed by atoms with Crippen molar-refractivity contribution in [3.63, 3.8) is 0 Å². The van der Waals surface area contributed by atoms with Crippen molar-refractivity contribution in [2.75, 3.05) is 6.54 Å². The molecule has 2 heterocycles. The van der Waals surface area contributed by atoms with E-state index in [1.165, 1.54) is 0 Å². The van der Waals surface area contributed by atoms with Crippen molar-refractivity contribution in [1.82, 2.24) is 9.47 Å². The second kappa shape index (κ2) is 6.04. The molecule has 0 saturated carbocycles. The highest BCUT2D eigenvalue weighted by molar-refractivity contribution is 7.16. The van der Waals surface area contributed by atoms with E-state index in [-0.39, 0.29) is 28.9 Å². The Labute approximate surface area is 131 Å². The van der Waals surface area contributed by atoms with Crippen LogP contribution in [0.2, 0.25) is 0 Å². The number of aromatic nitrogens is 1. The van der Waals surface area contributed by atoms with Crippen LogP contribution in [0, 0.1) is 0 Å². The number of hydrogen-bond donors (Lipinski definition) is 0. The van der Waals surface area contributed by atoms with E-state index in [1.54, 1.807) is 29.2 Å². The van der Waals surface area contributed by atoms with Gasteiger partial charge in [0.1, 0.15) is 6.54 Å². The Kier molecular flexibility index (Phi) is 4.11. The molecule has 1 aromatic carbocycles. The zero-order valence-electron chi connectivity index (χ0n) is 12.4. The molecule has 22 heavy (non-hydrogen) atoms. The van der Waals surface area contributed by atoms with Crippen LogP contribution in [0.4, 0.5) is 0 Å². The average molecular weight is 318 g/mol. The smallest absolute Gasteiger partial charge is 0.311 e. The minimum Gasteiger partial charge on any atom is -0.338 e. The number of benzene rings is 1. The van der Waals surface area contributed by atoms with Gasteiger partial charge in [-0.25, -0.2) is 0 Å². The highest BCUT2D eigenvalue weighted by Gasteiger charge is 2.24. The van der Waals surface area contributed by atoms with E-state index in [2.05, 4.69) is 0 Å². The highest BCUT2D eigenvalue weighted by atomic mass is 32.1. The summed E-state index contributed by atoms with van der Waals surface area (Å²) in [6, 6.07) is 7.18. The lowest BCUT2D eigenvalue weighted by Crippen LogP contribution is -2.46. The molecule has 0 N–H and O–H groups in total. The van der Waals surface area contributed by atoms with Gasteiger partial charge < -0.3 is 4.90 Å². The van der Waals surface area contributed by atoms with Crippen LogP contribution in [-0.2, 0) is 11.3 Å². The fourth-order valence-electron chi connectivity index (χ4n) is 2.94. The van der Waals surface area contributed by atoms with Gasteiger partial charge in [-0.15, -0.1) is 0 Å². The number of likely N-dealkylation sites (tertiary alicyclic amines) is 1. The Morgan fingerprint density at radius 1 is 1.27 bits per heavy atom. The third-order valence-electron chi connectivity index (χ3n) is 4.20. The SMILES string of the molecule is CC1CCCCN1C(=O)Cn1c(=O)sc2ccccc2c1=O. The van der Waals surface area contributed by atoms with Crippen molar-refractivity contribution in [3.05, 3.63) is 44.3 Å². The zero-order chi connectivity index (χ0) is 15.7. The van der Waals surface area contributed by atoms with Crippen molar-refractivity contribution in [1.29, 1.82) is 0 Å². The fourth-order valence-corrected chi connectivity index (χ4v) is 3.80. The predicted molar refractivity (Wildman–Crippen MR) is 87.4 cm³/mol. The third-order valence-corrected chi connectivity index (χ3v) is 5.17. The van der Waals surface area contributed by atoms with Gasteiger partial charge in [-0.3, -0.25) is 19.0 Å². The first-order chi connectivity index (χ1) is 10.6. The Hall–Kier alpha value is -1.95. The molecule has 5 nitrogen and oxygen atoms in total. The van der Waals surface area contributed by atoms with Crippen LogP contribution in [-0.4, -0.2) is 28.0 Å². The Bertz CT molecular complexity index is 824. The highest BCUT2D eigenvalue weighted by Crippen LogP contribution is 2.17. The van der Waals surface area contributed by atoms with Crippen LogP contribution in [0.5, 0.6) is 0 Å². The molecule has 1 aliphatic rings. The van der Waals surface area contributed by atoms with E-state index in [1.807, 2.05) is 6.92 Å². The van der Waals surface area contributed by atoms with Gasteiger partial charge in [0.05, 0.1) is 5.39 Å². The van der Waals surface area contributed by atoms with E-state index < -0.39 is 0 Å². The molecule has 1 unspecified atom stereocenters. The summed E-state index contributed by atoms with van der Waals surface area (Å²) in [5.41, 5.74) is -0.377.